The Morgan fingerprint density at radius 3 is 2.82 bits per heavy atom. The molecular weight excluding hydrogens is 327 g/mol. The highest BCUT2D eigenvalue weighted by atomic mass is 32.2. The van der Waals surface area contributed by atoms with E-state index in [9.17, 15) is 12.8 Å². The maximum Gasteiger partial charge on any atom is 0.266 e. The minimum Gasteiger partial charge on any atom is -0.269 e. The van der Waals surface area contributed by atoms with Crippen LogP contribution in [0.4, 0.5) is 9.52 Å². The van der Waals surface area contributed by atoms with Crippen molar-refractivity contribution in [2.24, 2.45) is 0 Å². The molecule has 0 aliphatic rings. The fourth-order valence-corrected chi connectivity index (χ4v) is 3.92. The Labute approximate surface area is 130 Å². The second-order valence-electron chi connectivity index (χ2n) is 4.99. The monoisotopic (exact) mass is 340 g/mol. The van der Waals surface area contributed by atoms with Crippen LogP contribution in [0.25, 0.3) is 10.2 Å². The molecule has 6 nitrogen and oxygen atoms in total. The largest absolute Gasteiger partial charge is 0.269 e. The topological polar surface area (TPSA) is 76.9 Å². The van der Waals surface area contributed by atoms with Gasteiger partial charge in [0.25, 0.3) is 10.0 Å². The van der Waals surface area contributed by atoms with E-state index >= 15 is 0 Å². The van der Waals surface area contributed by atoms with Crippen molar-refractivity contribution in [3.8, 4) is 0 Å². The predicted molar refractivity (Wildman–Crippen MR) is 83.0 cm³/mol. The molecule has 0 spiro atoms. The van der Waals surface area contributed by atoms with Crippen molar-refractivity contribution < 1.29 is 12.8 Å². The molecule has 0 saturated carbocycles. The molecule has 0 aliphatic carbocycles. The SMILES string of the molecule is CC(C)n1cc(S(=O)(=O)Nc2nc3ccc(F)cc3s2)cn1. The van der Waals surface area contributed by atoms with Gasteiger partial charge < -0.3 is 0 Å². The molecule has 3 rings (SSSR count). The van der Waals surface area contributed by atoms with E-state index < -0.39 is 10.0 Å². The van der Waals surface area contributed by atoms with Gasteiger partial charge in [-0.25, -0.2) is 17.8 Å². The number of fused-ring (bicyclic) bond motifs is 1. The molecule has 0 unspecified atom stereocenters. The number of benzene rings is 1. The molecule has 0 fully saturated rings. The molecule has 2 heterocycles. The number of rotatable bonds is 4. The molecule has 0 radical (unpaired) electrons. The quantitative estimate of drug-likeness (QED) is 0.792. The van der Waals surface area contributed by atoms with Crippen LogP contribution in [0.1, 0.15) is 19.9 Å². The average molecular weight is 340 g/mol. The molecule has 1 aromatic carbocycles. The second kappa shape index (κ2) is 5.33. The smallest absolute Gasteiger partial charge is 0.266 e. The summed E-state index contributed by atoms with van der Waals surface area (Å²) in [6, 6.07) is 4.18. The normalized spacial score (nSPS) is 12.2. The Bertz CT molecular complexity index is 931. The van der Waals surface area contributed by atoms with E-state index in [-0.39, 0.29) is 21.9 Å². The van der Waals surface area contributed by atoms with Gasteiger partial charge in [0.2, 0.25) is 0 Å². The van der Waals surface area contributed by atoms with E-state index in [1.54, 1.807) is 4.68 Å². The molecular formula is C13H13FN4O2S2. The number of nitrogens with one attached hydrogen (secondary N) is 1. The van der Waals surface area contributed by atoms with Crippen molar-refractivity contribution in [3.05, 3.63) is 36.4 Å². The Morgan fingerprint density at radius 1 is 1.36 bits per heavy atom. The lowest BCUT2D eigenvalue weighted by Gasteiger charge is -2.04. The summed E-state index contributed by atoms with van der Waals surface area (Å²) in [4.78, 5) is 4.20. The van der Waals surface area contributed by atoms with Crippen LogP contribution in [0.15, 0.2) is 35.5 Å². The number of sulfonamides is 1. The van der Waals surface area contributed by atoms with Gasteiger partial charge in [0.05, 0.1) is 16.4 Å². The molecule has 0 amide bonds. The molecule has 0 atom stereocenters. The summed E-state index contributed by atoms with van der Waals surface area (Å²) in [6.45, 7) is 3.80. The first kappa shape index (κ1) is 14.9. The Morgan fingerprint density at radius 2 is 2.14 bits per heavy atom. The number of nitrogens with zero attached hydrogens (tertiary/aromatic N) is 3. The average Bonchev–Trinajstić information content (AvgIpc) is 3.03. The van der Waals surface area contributed by atoms with Gasteiger partial charge in [0.15, 0.2) is 5.13 Å². The zero-order valence-electron chi connectivity index (χ0n) is 11.8. The van der Waals surface area contributed by atoms with E-state index in [4.69, 9.17) is 0 Å². The van der Waals surface area contributed by atoms with Crippen molar-refractivity contribution in [2.45, 2.75) is 24.8 Å². The molecule has 2 aromatic heterocycles. The molecule has 116 valence electrons. The van der Waals surface area contributed by atoms with Gasteiger partial charge in [0, 0.05) is 12.2 Å². The lowest BCUT2D eigenvalue weighted by molar-refractivity contribution is 0.531. The van der Waals surface area contributed by atoms with Gasteiger partial charge in [-0.3, -0.25) is 9.40 Å². The van der Waals surface area contributed by atoms with Crippen LogP contribution in [0.3, 0.4) is 0 Å². The fourth-order valence-electron chi connectivity index (χ4n) is 1.86. The number of aromatic nitrogens is 3. The van der Waals surface area contributed by atoms with Gasteiger partial charge in [-0.2, -0.15) is 5.10 Å². The highest BCUT2D eigenvalue weighted by molar-refractivity contribution is 7.93. The van der Waals surface area contributed by atoms with Crippen molar-refractivity contribution in [1.29, 1.82) is 0 Å². The molecule has 3 aromatic rings. The minimum absolute atomic E-state index is 0.0617. The number of thiazole rings is 1. The van der Waals surface area contributed by atoms with E-state index in [1.165, 1.54) is 30.6 Å². The van der Waals surface area contributed by atoms with E-state index in [0.29, 0.717) is 10.2 Å². The summed E-state index contributed by atoms with van der Waals surface area (Å²) in [5.74, 6) is -0.385. The third kappa shape index (κ3) is 2.81. The second-order valence-corrected chi connectivity index (χ2v) is 7.70. The number of anilines is 1. The van der Waals surface area contributed by atoms with Crippen LogP contribution in [0.2, 0.25) is 0 Å². The maximum absolute atomic E-state index is 13.2. The number of hydrogen-bond donors (Lipinski definition) is 1. The fraction of sp³-hybridized carbons (Fsp3) is 0.231. The van der Waals surface area contributed by atoms with Crippen LogP contribution in [0, 0.1) is 5.82 Å². The highest BCUT2D eigenvalue weighted by Gasteiger charge is 2.19. The summed E-state index contributed by atoms with van der Waals surface area (Å²) in [5.41, 5.74) is 0.543. The van der Waals surface area contributed by atoms with Crippen LogP contribution >= 0.6 is 11.3 Å². The van der Waals surface area contributed by atoms with Crippen molar-refractivity contribution in [2.75, 3.05) is 4.72 Å². The van der Waals surface area contributed by atoms with Crippen molar-refractivity contribution in [3.63, 3.8) is 0 Å². The van der Waals surface area contributed by atoms with Gasteiger partial charge >= 0.3 is 0 Å². The van der Waals surface area contributed by atoms with Crippen molar-refractivity contribution in [1.82, 2.24) is 14.8 Å². The summed E-state index contributed by atoms with van der Waals surface area (Å²) in [5, 5.41) is 4.20. The summed E-state index contributed by atoms with van der Waals surface area (Å²) in [7, 11) is -3.76. The predicted octanol–water partition coefficient (Wildman–Crippen LogP) is 3.01. The zero-order chi connectivity index (χ0) is 15.9. The Hall–Kier alpha value is -2.00. The molecule has 0 aliphatic heterocycles. The van der Waals surface area contributed by atoms with E-state index in [0.717, 1.165) is 11.3 Å². The standard InChI is InChI=1S/C13H13FN4O2S2/c1-8(2)18-7-10(6-15-18)22(19,20)17-13-16-11-4-3-9(14)5-12(11)21-13/h3-8H,1-2H3,(H,16,17). The summed E-state index contributed by atoms with van der Waals surface area (Å²) >= 11 is 1.08. The third-order valence-corrected chi connectivity index (χ3v) is 5.35. The van der Waals surface area contributed by atoms with Crippen LogP contribution in [0.5, 0.6) is 0 Å². The molecule has 1 N–H and O–H groups in total. The van der Waals surface area contributed by atoms with Crippen LogP contribution < -0.4 is 4.72 Å². The summed E-state index contributed by atoms with van der Waals surface area (Å²) in [6.07, 6.45) is 2.75. The molecule has 22 heavy (non-hydrogen) atoms. The molecule has 9 heteroatoms. The van der Waals surface area contributed by atoms with Gasteiger partial charge in [0.1, 0.15) is 10.7 Å². The number of halogens is 1. The van der Waals surface area contributed by atoms with Crippen LogP contribution in [-0.4, -0.2) is 23.2 Å². The first-order valence-electron chi connectivity index (χ1n) is 6.48. The molecule has 0 saturated heterocycles. The lowest BCUT2D eigenvalue weighted by Crippen LogP contribution is -2.12. The van der Waals surface area contributed by atoms with Crippen LogP contribution in [-0.2, 0) is 10.0 Å². The first-order chi connectivity index (χ1) is 10.3. The van der Waals surface area contributed by atoms with Gasteiger partial charge in [-0.1, -0.05) is 11.3 Å². The maximum atomic E-state index is 13.2. The molecule has 0 bridgehead atoms. The third-order valence-electron chi connectivity index (χ3n) is 2.99. The Kier molecular flexibility index (Phi) is 3.61. The van der Waals surface area contributed by atoms with E-state index in [2.05, 4.69) is 14.8 Å². The minimum atomic E-state index is -3.76. The lowest BCUT2D eigenvalue weighted by atomic mass is 10.3. The zero-order valence-corrected chi connectivity index (χ0v) is 13.4. The summed E-state index contributed by atoms with van der Waals surface area (Å²) < 4.78 is 42.3. The van der Waals surface area contributed by atoms with Gasteiger partial charge in [-0.05, 0) is 32.0 Å². The Balaban J connectivity index is 1.91. The highest BCUT2D eigenvalue weighted by Crippen LogP contribution is 2.28. The first-order valence-corrected chi connectivity index (χ1v) is 8.78. The van der Waals surface area contributed by atoms with Gasteiger partial charge in [-0.15, -0.1) is 0 Å². The van der Waals surface area contributed by atoms with E-state index in [1.807, 2.05) is 13.8 Å². The van der Waals surface area contributed by atoms with Crippen molar-refractivity contribution >= 4 is 36.7 Å². The number of hydrogen-bond acceptors (Lipinski definition) is 5.